The molecule has 6 heteroatoms. The lowest BCUT2D eigenvalue weighted by Gasteiger charge is -2.32. The van der Waals surface area contributed by atoms with E-state index in [4.69, 9.17) is 21.6 Å². The summed E-state index contributed by atoms with van der Waals surface area (Å²) in [4.78, 5) is 6.39. The standard InChI is InChI=1S/C11H16BClN2O2/c1-8-3-2-4-15(7-8)11-10(13)5-9(6-14-11)12(16)17/h5-6,8,16-17H,2-4,7H2,1H3. The number of halogens is 1. The van der Waals surface area contributed by atoms with Crippen molar-refractivity contribution in [3.63, 3.8) is 0 Å². The first-order chi connectivity index (χ1) is 8.08. The van der Waals surface area contributed by atoms with Gasteiger partial charge in [-0.3, -0.25) is 0 Å². The van der Waals surface area contributed by atoms with Crippen molar-refractivity contribution in [2.45, 2.75) is 19.8 Å². The molecule has 1 aromatic rings. The van der Waals surface area contributed by atoms with Gasteiger partial charge in [-0.2, -0.15) is 0 Å². The maximum atomic E-state index is 9.03. The van der Waals surface area contributed by atoms with Crippen LogP contribution in [0.1, 0.15) is 19.8 Å². The molecular weight excluding hydrogens is 238 g/mol. The van der Waals surface area contributed by atoms with Gasteiger partial charge in [-0.15, -0.1) is 0 Å². The van der Waals surface area contributed by atoms with Crippen LogP contribution in [0, 0.1) is 5.92 Å². The molecule has 17 heavy (non-hydrogen) atoms. The third kappa shape index (κ3) is 2.91. The predicted molar refractivity (Wildman–Crippen MR) is 69.7 cm³/mol. The van der Waals surface area contributed by atoms with E-state index in [1.807, 2.05) is 0 Å². The zero-order valence-electron chi connectivity index (χ0n) is 9.80. The van der Waals surface area contributed by atoms with Gasteiger partial charge in [0.25, 0.3) is 0 Å². The van der Waals surface area contributed by atoms with Gasteiger partial charge in [-0.05, 0) is 24.8 Å². The van der Waals surface area contributed by atoms with E-state index >= 15 is 0 Å². The van der Waals surface area contributed by atoms with Crippen LogP contribution in [-0.2, 0) is 0 Å². The molecule has 0 saturated carbocycles. The number of hydrogen-bond acceptors (Lipinski definition) is 4. The van der Waals surface area contributed by atoms with E-state index in [-0.39, 0.29) is 0 Å². The molecule has 1 fully saturated rings. The molecule has 0 bridgehead atoms. The summed E-state index contributed by atoms with van der Waals surface area (Å²) in [5.41, 5.74) is 0.323. The molecule has 0 aliphatic carbocycles. The van der Waals surface area contributed by atoms with Crippen LogP contribution >= 0.6 is 11.6 Å². The van der Waals surface area contributed by atoms with Gasteiger partial charge in [-0.1, -0.05) is 18.5 Å². The van der Waals surface area contributed by atoms with Crippen molar-refractivity contribution in [3.05, 3.63) is 17.3 Å². The van der Waals surface area contributed by atoms with Gasteiger partial charge in [0.15, 0.2) is 0 Å². The van der Waals surface area contributed by atoms with Crippen molar-refractivity contribution in [2.75, 3.05) is 18.0 Å². The summed E-state index contributed by atoms with van der Waals surface area (Å²) in [5, 5.41) is 18.5. The third-order valence-electron chi connectivity index (χ3n) is 3.10. The highest BCUT2D eigenvalue weighted by atomic mass is 35.5. The van der Waals surface area contributed by atoms with Crippen LogP contribution in [-0.4, -0.2) is 35.2 Å². The van der Waals surface area contributed by atoms with E-state index in [2.05, 4.69) is 16.8 Å². The van der Waals surface area contributed by atoms with Crippen LogP contribution in [0.5, 0.6) is 0 Å². The highest BCUT2D eigenvalue weighted by Gasteiger charge is 2.21. The van der Waals surface area contributed by atoms with Crippen molar-refractivity contribution < 1.29 is 10.0 Å². The first kappa shape index (κ1) is 12.7. The summed E-state index contributed by atoms with van der Waals surface area (Å²) in [6.45, 7) is 4.12. The van der Waals surface area contributed by atoms with E-state index < -0.39 is 7.12 Å². The number of pyridine rings is 1. The monoisotopic (exact) mass is 254 g/mol. The second-order valence-corrected chi connectivity index (χ2v) is 5.05. The van der Waals surface area contributed by atoms with Crippen molar-refractivity contribution in [1.29, 1.82) is 0 Å². The molecule has 4 nitrogen and oxygen atoms in total. The van der Waals surface area contributed by atoms with Crippen LogP contribution in [0.3, 0.4) is 0 Å². The molecule has 2 heterocycles. The summed E-state index contributed by atoms with van der Waals surface area (Å²) in [6, 6.07) is 1.56. The van der Waals surface area contributed by atoms with Crippen LogP contribution in [0.4, 0.5) is 5.82 Å². The van der Waals surface area contributed by atoms with E-state index in [9.17, 15) is 0 Å². The summed E-state index contributed by atoms with van der Waals surface area (Å²) in [6.07, 6.45) is 3.84. The van der Waals surface area contributed by atoms with Gasteiger partial charge < -0.3 is 14.9 Å². The number of aromatic nitrogens is 1. The molecule has 1 saturated heterocycles. The smallest absolute Gasteiger partial charge is 0.423 e. The van der Waals surface area contributed by atoms with Gasteiger partial charge >= 0.3 is 7.12 Å². The molecule has 2 N–H and O–H groups in total. The fourth-order valence-electron chi connectivity index (χ4n) is 2.20. The van der Waals surface area contributed by atoms with Gasteiger partial charge in [0.1, 0.15) is 5.82 Å². The van der Waals surface area contributed by atoms with E-state index in [1.54, 1.807) is 6.07 Å². The minimum Gasteiger partial charge on any atom is -0.423 e. The van der Waals surface area contributed by atoms with Gasteiger partial charge in [0, 0.05) is 24.7 Å². The Bertz CT molecular complexity index is 403. The molecular formula is C11H16BClN2O2. The average molecular weight is 255 g/mol. The highest BCUT2D eigenvalue weighted by molar-refractivity contribution is 6.59. The molecule has 1 aromatic heterocycles. The lowest BCUT2D eigenvalue weighted by atomic mass is 9.82. The minimum absolute atomic E-state index is 0.323. The van der Waals surface area contributed by atoms with E-state index in [0.717, 1.165) is 25.3 Å². The quantitative estimate of drug-likeness (QED) is 0.761. The Kier molecular flexibility index (Phi) is 3.91. The molecule has 92 valence electrons. The first-order valence-electron chi connectivity index (χ1n) is 5.84. The topological polar surface area (TPSA) is 56.6 Å². The summed E-state index contributed by atoms with van der Waals surface area (Å²) in [5.74, 6) is 1.38. The molecule has 0 aromatic carbocycles. The number of hydrogen-bond donors (Lipinski definition) is 2. The third-order valence-corrected chi connectivity index (χ3v) is 3.38. The Labute approximate surface area is 106 Å². The molecule has 0 spiro atoms. The predicted octanol–water partition coefficient (Wildman–Crippen LogP) is 0.651. The van der Waals surface area contributed by atoms with E-state index in [0.29, 0.717) is 16.4 Å². The molecule has 0 amide bonds. The fourth-order valence-corrected chi connectivity index (χ4v) is 2.50. The second-order valence-electron chi connectivity index (χ2n) is 4.64. The van der Waals surface area contributed by atoms with Crippen LogP contribution in [0.2, 0.25) is 5.02 Å². The lowest BCUT2D eigenvalue weighted by molar-refractivity contribution is 0.425. The zero-order valence-corrected chi connectivity index (χ0v) is 10.6. The SMILES string of the molecule is CC1CCCN(c2ncc(B(O)O)cc2Cl)C1. The molecule has 1 aliphatic heterocycles. The molecule has 0 radical (unpaired) electrons. The van der Waals surface area contributed by atoms with Crippen LogP contribution in [0.15, 0.2) is 12.3 Å². The summed E-state index contributed by atoms with van der Waals surface area (Å²) < 4.78 is 0. The molecule has 2 rings (SSSR count). The molecule has 1 aliphatic rings. The van der Waals surface area contributed by atoms with Crippen LogP contribution in [0.25, 0.3) is 0 Å². The summed E-state index contributed by atoms with van der Waals surface area (Å²) >= 11 is 6.13. The van der Waals surface area contributed by atoms with Crippen molar-refractivity contribution >= 4 is 30.0 Å². The maximum Gasteiger partial charge on any atom is 0.490 e. The lowest BCUT2D eigenvalue weighted by Crippen LogP contribution is -2.36. The number of nitrogens with zero attached hydrogens (tertiary/aromatic N) is 2. The Morgan fingerprint density at radius 1 is 1.53 bits per heavy atom. The fraction of sp³-hybridized carbons (Fsp3) is 0.545. The Hall–Kier alpha value is -0.775. The largest absolute Gasteiger partial charge is 0.490 e. The number of rotatable bonds is 2. The van der Waals surface area contributed by atoms with E-state index in [1.165, 1.54) is 12.6 Å². The molecule has 1 atom stereocenters. The average Bonchev–Trinajstić information content (AvgIpc) is 2.28. The van der Waals surface area contributed by atoms with Crippen molar-refractivity contribution in [1.82, 2.24) is 4.98 Å². The van der Waals surface area contributed by atoms with Gasteiger partial charge in [0.2, 0.25) is 0 Å². The van der Waals surface area contributed by atoms with Gasteiger partial charge in [-0.25, -0.2) is 4.98 Å². The second kappa shape index (κ2) is 5.25. The van der Waals surface area contributed by atoms with Crippen molar-refractivity contribution in [2.24, 2.45) is 5.92 Å². The van der Waals surface area contributed by atoms with Crippen LogP contribution < -0.4 is 10.4 Å². The highest BCUT2D eigenvalue weighted by Crippen LogP contribution is 2.26. The first-order valence-corrected chi connectivity index (χ1v) is 6.22. The Balaban J connectivity index is 2.21. The number of piperidine rings is 1. The number of anilines is 1. The normalized spacial score (nSPS) is 20.5. The van der Waals surface area contributed by atoms with Crippen molar-refractivity contribution in [3.8, 4) is 0 Å². The Morgan fingerprint density at radius 3 is 2.88 bits per heavy atom. The minimum atomic E-state index is -1.52. The molecule has 1 unspecified atom stereocenters. The maximum absolute atomic E-state index is 9.03. The zero-order chi connectivity index (χ0) is 12.4. The Morgan fingerprint density at radius 2 is 2.29 bits per heavy atom. The summed E-state index contributed by atoms with van der Waals surface area (Å²) in [7, 11) is -1.52. The van der Waals surface area contributed by atoms with Gasteiger partial charge in [0.05, 0.1) is 5.02 Å².